The van der Waals surface area contributed by atoms with Crippen LogP contribution in [0.2, 0.25) is 0 Å². The van der Waals surface area contributed by atoms with Crippen molar-refractivity contribution in [1.82, 2.24) is 4.90 Å². The fraction of sp³-hybridized carbons (Fsp3) is 0.300. The summed E-state index contributed by atoms with van der Waals surface area (Å²) in [5, 5.41) is 0. The normalized spacial score (nSPS) is 21.4. The summed E-state index contributed by atoms with van der Waals surface area (Å²) in [6, 6.07) is 17.9. The van der Waals surface area contributed by atoms with E-state index < -0.39 is 12.3 Å². The summed E-state index contributed by atoms with van der Waals surface area (Å²) in [4.78, 5) is 27.2. The molecule has 1 fully saturated rings. The van der Waals surface area contributed by atoms with Crippen LogP contribution < -0.4 is 0 Å². The molecule has 3 rings (SSSR count). The Hall–Kier alpha value is -2.62. The molecule has 0 aliphatic carbocycles. The number of hydrogen-bond donors (Lipinski definition) is 0. The highest BCUT2D eigenvalue weighted by atomic mass is 16.6. The quantitative estimate of drug-likeness (QED) is 0.804. The van der Waals surface area contributed by atoms with Gasteiger partial charge in [-0.1, -0.05) is 68.8 Å². The van der Waals surface area contributed by atoms with Crippen molar-refractivity contribution in [3.8, 4) is 0 Å². The van der Waals surface area contributed by atoms with E-state index in [9.17, 15) is 9.59 Å². The number of rotatable bonds is 4. The lowest BCUT2D eigenvalue weighted by molar-refractivity contribution is -0.143. The molecule has 1 aliphatic heterocycles. The van der Waals surface area contributed by atoms with Crippen molar-refractivity contribution in [2.24, 2.45) is 5.92 Å². The number of hydrogen-bond acceptors (Lipinski definition) is 3. The van der Waals surface area contributed by atoms with Crippen LogP contribution in [0, 0.1) is 5.92 Å². The number of amides is 1. The maximum Gasteiger partial charge on any atom is 0.331 e. The first kappa shape index (κ1) is 16.2. The minimum atomic E-state index is -0.676. The first-order chi connectivity index (χ1) is 11.6. The minimum Gasteiger partial charge on any atom is -0.435 e. The molecule has 0 spiro atoms. The third-order valence-electron chi connectivity index (χ3n) is 4.54. The molecular weight excluding hydrogens is 302 g/mol. The van der Waals surface area contributed by atoms with Gasteiger partial charge in [0.1, 0.15) is 6.04 Å². The van der Waals surface area contributed by atoms with Crippen LogP contribution in [0.3, 0.4) is 0 Å². The number of nitrogens with zero attached hydrogens (tertiary/aromatic N) is 1. The molecular formula is C20H21NO3. The van der Waals surface area contributed by atoms with E-state index in [0.717, 1.165) is 12.0 Å². The Morgan fingerprint density at radius 1 is 1.08 bits per heavy atom. The van der Waals surface area contributed by atoms with Crippen molar-refractivity contribution in [2.45, 2.75) is 32.5 Å². The summed E-state index contributed by atoms with van der Waals surface area (Å²) in [5.41, 5.74) is 1.37. The van der Waals surface area contributed by atoms with Crippen molar-refractivity contribution >= 4 is 11.9 Å². The minimum absolute atomic E-state index is 0.0267. The van der Waals surface area contributed by atoms with Gasteiger partial charge < -0.3 is 4.74 Å². The molecule has 1 amide bonds. The van der Waals surface area contributed by atoms with Crippen LogP contribution in [0.4, 0.5) is 0 Å². The van der Waals surface area contributed by atoms with Crippen molar-refractivity contribution in [1.29, 1.82) is 0 Å². The topological polar surface area (TPSA) is 46.6 Å². The highest BCUT2D eigenvalue weighted by Crippen LogP contribution is 2.36. The predicted molar refractivity (Wildman–Crippen MR) is 91.1 cm³/mol. The molecule has 124 valence electrons. The highest BCUT2D eigenvalue weighted by Gasteiger charge is 2.47. The Morgan fingerprint density at radius 2 is 1.67 bits per heavy atom. The van der Waals surface area contributed by atoms with Crippen molar-refractivity contribution in [3.05, 3.63) is 71.8 Å². The van der Waals surface area contributed by atoms with E-state index >= 15 is 0 Å². The van der Waals surface area contributed by atoms with Gasteiger partial charge in [0.25, 0.3) is 5.91 Å². The summed E-state index contributed by atoms with van der Waals surface area (Å²) in [6.45, 7) is 3.99. The Balaban J connectivity index is 2.03. The van der Waals surface area contributed by atoms with Gasteiger partial charge in [0.15, 0.2) is 0 Å². The zero-order valence-electron chi connectivity index (χ0n) is 13.9. The zero-order valence-corrected chi connectivity index (χ0v) is 13.9. The van der Waals surface area contributed by atoms with Crippen LogP contribution in [0.25, 0.3) is 0 Å². The largest absolute Gasteiger partial charge is 0.435 e. The van der Waals surface area contributed by atoms with Gasteiger partial charge in [0.2, 0.25) is 6.23 Å². The van der Waals surface area contributed by atoms with E-state index in [0.29, 0.717) is 5.56 Å². The number of benzene rings is 2. The van der Waals surface area contributed by atoms with E-state index in [1.54, 1.807) is 17.0 Å². The van der Waals surface area contributed by atoms with Crippen LogP contribution in [-0.4, -0.2) is 22.8 Å². The molecule has 24 heavy (non-hydrogen) atoms. The number of carbonyl (C=O) groups is 2. The fourth-order valence-corrected chi connectivity index (χ4v) is 3.03. The Morgan fingerprint density at radius 3 is 2.25 bits per heavy atom. The molecule has 0 aromatic heterocycles. The maximum absolute atomic E-state index is 13.1. The molecule has 2 aromatic carbocycles. The van der Waals surface area contributed by atoms with Crippen molar-refractivity contribution < 1.29 is 14.3 Å². The molecule has 0 unspecified atom stereocenters. The number of ether oxygens (including phenoxy) is 1. The lowest BCUT2D eigenvalue weighted by Gasteiger charge is -2.29. The van der Waals surface area contributed by atoms with Gasteiger partial charge in [0.05, 0.1) is 0 Å². The smallest absolute Gasteiger partial charge is 0.331 e. The molecule has 3 atom stereocenters. The second kappa shape index (κ2) is 6.87. The fourth-order valence-electron chi connectivity index (χ4n) is 3.03. The van der Waals surface area contributed by atoms with E-state index in [-0.39, 0.29) is 17.8 Å². The van der Waals surface area contributed by atoms with Gasteiger partial charge in [-0.05, 0) is 18.1 Å². The number of carbonyl (C=O) groups excluding carboxylic acids is 2. The van der Waals surface area contributed by atoms with E-state index in [2.05, 4.69) is 0 Å². The maximum atomic E-state index is 13.1. The van der Waals surface area contributed by atoms with Gasteiger partial charge >= 0.3 is 5.97 Å². The monoisotopic (exact) mass is 323 g/mol. The summed E-state index contributed by atoms with van der Waals surface area (Å²) in [5.74, 6) is -0.484. The van der Waals surface area contributed by atoms with E-state index in [4.69, 9.17) is 4.74 Å². The van der Waals surface area contributed by atoms with E-state index in [1.807, 2.05) is 62.4 Å². The number of cyclic esters (lactones) is 1. The van der Waals surface area contributed by atoms with Crippen LogP contribution in [-0.2, 0) is 9.53 Å². The lowest BCUT2D eigenvalue weighted by Crippen LogP contribution is -2.43. The molecule has 1 saturated heterocycles. The van der Waals surface area contributed by atoms with Crippen LogP contribution in [0.1, 0.15) is 42.4 Å². The average Bonchev–Trinajstić information content (AvgIpc) is 2.99. The van der Waals surface area contributed by atoms with Gasteiger partial charge in [-0.3, -0.25) is 9.69 Å². The van der Waals surface area contributed by atoms with Gasteiger partial charge in [0, 0.05) is 11.1 Å². The second-order valence-electron chi connectivity index (χ2n) is 6.11. The Bertz CT molecular complexity index is 714. The Kier molecular flexibility index (Phi) is 4.65. The molecule has 1 aliphatic rings. The summed E-state index contributed by atoms with van der Waals surface area (Å²) in [7, 11) is 0. The lowest BCUT2D eigenvalue weighted by atomic mass is 9.97. The summed E-state index contributed by atoms with van der Waals surface area (Å²) in [6.07, 6.45) is 0.116. The second-order valence-corrected chi connectivity index (χ2v) is 6.11. The molecule has 2 aromatic rings. The van der Waals surface area contributed by atoms with Crippen molar-refractivity contribution in [3.63, 3.8) is 0 Å². The van der Waals surface area contributed by atoms with Gasteiger partial charge in [-0.2, -0.15) is 0 Å². The first-order valence-electron chi connectivity index (χ1n) is 8.26. The average molecular weight is 323 g/mol. The van der Waals surface area contributed by atoms with Crippen LogP contribution in [0.5, 0.6) is 0 Å². The third kappa shape index (κ3) is 2.92. The first-order valence-corrected chi connectivity index (χ1v) is 8.26. The molecule has 0 saturated carbocycles. The van der Waals surface area contributed by atoms with Crippen LogP contribution in [0.15, 0.2) is 60.7 Å². The SMILES string of the molecule is CC[C@H](C)[C@H]1C(=O)O[C@H](c2ccccc2)N1C(=O)c1ccccc1. The third-order valence-corrected chi connectivity index (χ3v) is 4.54. The van der Waals surface area contributed by atoms with Crippen LogP contribution >= 0.6 is 0 Å². The highest BCUT2D eigenvalue weighted by molar-refractivity contribution is 5.98. The molecule has 4 heteroatoms. The Labute approximate surface area is 142 Å². The zero-order chi connectivity index (χ0) is 17.1. The number of esters is 1. The molecule has 4 nitrogen and oxygen atoms in total. The summed E-state index contributed by atoms with van der Waals surface area (Å²) < 4.78 is 5.60. The summed E-state index contributed by atoms with van der Waals surface area (Å²) >= 11 is 0. The molecule has 0 radical (unpaired) electrons. The predicted octanol–water partition coefficient (Wildman–Crippen LogP) is 3.80. The van der Waals surface area contributed by atoms with E-state index in [1.165, 1.54) is 0 Å². The molecule has 0 N–H and O–H groups in total. The van der Waals surface area contributed by atoms with Gasteiger partial charge in [-0.15, -0.1) is 0 Å². The van der Waals surface area contributed by atoms with Gasteiger partial charge in [-0.25, -0.2) is 4.79 Å². The molecule has 1 heterocycles. The standard InChI is InChI=1S/C20H21NO3/c1-3-14(2)17-20(23)24-19(16-12-8-5-9-13-16)21(17)18(22)15-10-6-4-7-11-15/h4-14,17,19H,3H2,1-2H3/t14-,17-,19+/m0/s1. The van der Waals surface area contributed by atoms with Crippen molar-refractivity contribution in [2.75, 3.05) is 0 Å². The molecule has 0 bridgehead atoms.